The van der Waals surface area contributed by atoms with E-state index in [4.69, 9.17) is 9.47 Å². The van der Waals surface area contributed by atoms with E-state index in [1.807, 2.05) is 0 Å². The maximum atomic E-state index is 12.7. The summed E-state index contributed by atoms with van der Waals surface area (Å²) in [5.41, 5.74) is 0.727. The van der Waals surface area contributed by atoms with E-state index >= 15 is 0 Å². The SMILES string of the molecule is COc1ccc(N2C[C@H](C(=O)Nc3nnc(SCC(=O)N4CCOCC4)s3)CC2=O)cc1. The van der Waals surface area contributed by atoms with Crippen molar-refractivity contribution in [1.82, 2.24) is 15.1 Å². The number of nitrogens with one attached hydrogen (secondary N) is 1. The van der Waals surface area contributed by atoms with Crippen molar-refractivity contribution in [2.45, 2.75) is 10.8 Å². The number of rotatable bonds is 7. The van der Waals surface area contributed by atoms with Gasteiger partial charge < -0.3 is 24.6 Å². The summed E-state index contributed by atoms with van der Waals surface area (Å²) in [5, 5.41) is 11.1. The molecule has 2 fully saturated rings. The van der Waals surface area contributed by atoms with E-state index < -0.39 is 5.92 Å². The van der Waals surface area contributed by atoms with Crippen LogP contribution in [-0.4, -0.2) is 78.5 Å². The fourth-order valence-electron chi connectivity index (χ4n) is 3.45. The minimum atomic E-state index is -0.479. The Hall–Kier alpha value is -2.70. The third-order valence-electron chi connectivity index (χ3n) is 5.20. The van der Waals surface area contributed by atoms with Gasteiger partial charge in [-0.3, -0.25) is 14.4 Å². The lowest BCUT2D eigenvalue weighted by Crippen LogP contribution is -2.41. The minimum absolute atomic E-state index is 0.0298. The van der Waals surface area contributed by atoms with Crippen molar-refractivity contribution in [2.75, 3.05) is 55.9 Å². The van der Waals surface area contributed by atoms with Gasteiger partial charge in [-0.2, -0.15) is 0 Å². The molecule has 32 heavy (non-hydrogen) atoms. The normalized spacial score (nSPS) is 18.7. The average molecular weight is 478 g/mol. The van der Waals surface area contributed by atoms with Gasteiger partial charge in [-0.25, -0.2) is 0 Å². The van der Waals surface area contributed by atoms with Gasteiger partial charge in [-0.1, -0.05) is 23.1 Å². The lowest BCUT2D eigenvalue weighted by atomic mass is 10.1. The molecule has 2 aliphatic rings. The van der Waals surface area contributed by atoms with Crippen LogP contribution in [0.3, 0.4) is 0 Å². The zero-order valence-electron chi connectivity index (χ0n) is 17.5. The van der Waals surface area contributed by atoms with Crippen LogP contribution in [0.5, 0.6) is 5.75 Å². The Balaban J connectivity index is 1.28. The summed E-state index contributed by atoms with van der Waals surface area (Å²) in [4.78, 5) is 40.7. The molecular weight excluding hydrogens is 454 g/mol. The van der Waals surface area contributed by atoms with E-state index in [1.54, 1.807) is 41.2 Å². The smallest absolute Gasteiger partial charge is 0.233 e. The molecule has 2 aliphatic heterocycles. The lowest BCUT2D eigenvalue weighted by Gasteiger charge is -2.26. The first kappa shape index (κ1) is 22.5. The molecule has 2 saturated heterocycles. The van der Waals surface area contributed by atoms with E-state index in [0.717, 1.165) is 5.69 Å². The summed E-state index contributed by atoms with van der Waals surface area (Å²) in [5.74, 6) is 0.133. The summed E-state index contributed by atoms with van der Waals surface area (Å²) in [6.45, 7) is 2.62. The Bertz CT molecular complexity index is 977. The van der Waals surface area contributed by atoms with Crippen LogP contribution in [0.15, 0.2) is 28.6 Å². The molecule has 0 saturated carbocycles. The van der Waals surface area contributed by atoms with Gasteiger partial charge >= 0.3 is 0 Å². The predicted molar refractivity (Wildman–Crippen MR) is 120 cm³/mol. The van der Waals surface area contributed by atoms with Crippen LogP contribution in [0.4, 0.5) is 10.8 Å². The number of anilines is 2. The Morgan fingerprint density at radius 2 is 2.00 bits per heavy atom. The number of benzene rings is 1. The highest BCUT2D eigenvalue weighted by Gasteiger charge is 2.35. The second-order valence-electron chi connectivity index (χ2n) is 7.25. The molecule has 170 valence electrons. The van der Waals surface area contributed by atoms with E-state index in [1.165, 1.54) is 23.1 Å². The standard InChI is InChI=1S/C20H23N5O5S2/c1-29-15-4-2-14(3-5-15)25-11-13(10-16(25)26)18(28)21-19-22-23-20(32-19)31-12-17(27)24-6-8-30-9-7-24/h2-5,13H,6-12H2,1H3,(H,21,22,28)/t13-/m1/s1. The highest BCUT2D eigenvalue weighted by molar-refractivity contribution is 8.01. The van der Waals surface area contributed by atoms with Gasteiger partial charge in [0.05, 0.1) is 32.0 Å². The van der Waals surface area contributed by atoms with Crippen molar-refractivity contribution in [1.29, 1.82) is 0 Å². The zero-order chi connectivity index (χ0) is 22.5. The molecule has 2 aromatic rings. The average Bonchev–Trinajstić information content (AvgIpc) is 3.44. The minimum Gasteiger partial charge on any atom is -0.497 e. The van der Waals surface area contributed by atoms with Crippen molar-refractivity contribution >= 4 is 51.6 Å². The number of morpholine rings is 1. The fourth-order valence-corrected chi connectivity index (χ4v) is 5.11. The van der Waals surface area contributed by atoms with Crippen molar-refractivity contribution in [3.63, 3.8) is 0 Å². The molecule has 10 nitrogen and oxygen atoms in total. The maximum absolute atomic E-state index is 12.7. The second kappa shape index (κ2) is 10.3. The molecule has 1 N–H and O–H groups in total. The molecular formula is C20H23N5O5S2. The third-order valence-corrected chi connectivity index (χ3v) is 7.16. The van der Waals surface area contributed by atoms with Crippen molar-refractivity contribution in [3.05, 3.63) is 24.3 Å². The summed E-state index contributed by atoms with van der Waals surface area (Å²) >= 11 is 2.50. The van der Waals surface area contributed by atoms with Gasteiger partial charge in [0.25, 0.3) is 0 Å². The summed E-state index contributed by atoms with van der Waals surface area (Å²) in [6, 6.07) is 7.15. The van der Waals surface area contributed by atoms with Crippen LogP contribution in [0, 0.1) is 5.92 Å². The first-order valence-electron chi connectivity index (χ1n) is 10.1. The topological polar surface area (TPSA) is 114 Å². The van der Waals surface area contributed by atoms with Crippen LogP contribution in [-0.2, 0) is 19.1 Å². The van der Waals surface area contributed by atoms with Gasteiger partial charge in [-0.15, -0.1) is 10.2 Å². The van der Waals surface area contributed by atoms with E-state index in [9.17, 15) is 14.4 Å². The predicted octanol–water partition coefficient (Wildman–Crippen LogP) is 1.49. The highest BCUT2D eigenvalue weighted by atomic mass is 32.2. The Labute approximate surface area is 193 Å². The summed E-state index contributed by atoms with van der Waals surface area (Å²) < 4.78 is 11.0. The number of thioether (sulfide) groups is 1. The van der Waals surface area contributed by atoms with Crippen LogP contribution >= 0.6 is 23.1 Å². The molecule has 0 radical (unpaired) electrons. The molecule has 0 aliphatic carbocycles. The lowest BCUT2D eigenvalue weighted by molar-refractivity contribution is -0.132. The molecule has 3 amide bonds. The number of nitrogens with zero attached hydrogens (tertiary/aromatic N) is 4. The van der Waals surface area contributed by atoms with E-state index in [-0.39, 0.29) is 29.9 Å². The fraction of sp³-hybridized carbons (Fsp3) is 0.450. The van der Waals surface area contributed by atoms with Crippen LogP contribution in [0.25, 0.3) is 0 Å². The van der Waals surface area contributed by atoms with Crippen LogP contribution < -0.4 is 15.0 Å². The van der Waals surface area contributed by atoms with E-state index in [2.05, 4.69) is 15.5 Å². The molecule has 4 rings (SSSR count). The maximum Gasteiger partial charge on any atom is 0.233 e. The van der Waals surface area contributed by atoms with Gasteiger partial charge in [0.15, 0.2) is 4.34 Å². The van der Waals surface area contributed by atoms with E-state index in [0.29, 0.717) is 48.1 Å². The van der Waals surface area contributed by atoms with Gasteiger partial charge in [0.2, 0.25) is 22.9 Å². The second-order valence-corrected chi connectivity index (χ2v) is 9.45. The molecule has 1 atom stereocenters. The summed E-state index contributed by atoms with van der Waals surface area (Å²) in [7, 11) is 1.58. The number of amides is 3. The number of carbonyl (C=O) groups excluding carboxylic acids is 3. The van der Waals surface area contributed by atoms with Gasteiger partial charge in [0.1, 0.15) is 5.75 Å². The number of carbonyl (C=O) groups is 3. The molecule has 0 spiro atoms. The number of hydrogen-bond acceptors (Lipinski definition) is 9. The van der Waals surface area contributed by atoms with Gasteiger partial charge in [-0.05, 0) is 24.3 Å². The highest BCUT2D eigenvalue weighted by Crippen LogP contribution is 2.29. The zero-order valence-corrected chi connectivity index (χ0v) is 19.1. The number of aromatic nitrogens is 2. The Morgan fingerprint density at radius 3 is 2.72 bits per heavy atom. The molecule has 12 heteroatoms. The van der Waals surface area contributed by atoms with Crippen molar-refractivity contribution in [2.24, 2.45) is 5.92 Å². The number of methoxy groups -OCH3 is 1. The molecule has 0 unspecified atom stereocenters. The summed E-state index contributed by atoms with van der Waals surface area (Å²) in [6.07, 6.45) is 0.131. The number of hydrogen-bond donors (Lipinski definition) is 1. The van der Waals surface area contributed by atoms with Gasteiger partial charge in [0, 0.05) is 31.7 Å². The third kappa shape index (κ3) is 5.37. The molecule has 1 aromatic heterocycles. The van der Waals surface area contributed by atoms with Crippen molar-refractivity contribution < 1.29 is 23.9 Å². The molecule has 1 aromatic carbocycles. The molecule has 3 heterocycles. The first-order valence-corrected chi connectivity index (χ1v) is 11.9. The quantitative estimate of drug-likeness (QED) is 0.471. The van der Waals surface area contributed by atoms with Crippen LogP contribution in [0.1, 0.15) is 6.42 Å². The number of ether oxygens (including phenoxy) is 2. The Morgan fingerprint density at radius 1 is 1.25 bits per heavy atom. The Kier molecular flexibility index (Phi) is 7.22. The largest absolute Gasteiger partial charge is 0.497 e. The molecule has 0 bridgehead atoms. The first-order chi connectivity index (χ1) is 15.5. The van der Waals surface area contributed by atoms with Crippen LogP contribution in [0.2, 0.25) is 0 Å². The monoisotopic (exact) mass is 477 g/mol. The van der Waals surface area contributed by atoms with Crippen molar-refractivity contribution in [3.8, 4) is 5.75 Å².